The highest BCUT2D eigenvalue weighted by Crippen LogP contribution is 2.21. The van der Waals surface area contributed by atoms with Crippen molar-refractivity contribution in [2.45, 2.75) is 11.8 Å². The van der Waals surface area contributed by atoms with Gasteiger partial charge in [-0.1, -0.05) is 0 Å². The van der Waals surface area contributed by atoms with E-state index in [9.17, 15) is 13.2 Å². The molecule has 19 heavy (non-hydrogen) atoms. The zero-order valence-corrected chi connectivity index (χ0v) is 11.7. The lowest BCUT2D eigenvalue weighted by Crippen LogP contribution is -2.31. The Kier molecular flexibility index (Phi) is 4.73. The van der Waals surface area contributed by atoms with E-state index in [1.165, 1.54) is 18.2 Å². The van der Waals surface area contributed by atoms with Crippen molar-refractivity contribution in [3.63, 3.8) is 0 Å². The number of benzene rings is 1. The molecule has 0 heterocycles. The third-order valence-electron chi connectivity index (χ3n) is 2.66. The van der Waals surface area contributed by atoms with Crippen molar-refractivity contribution in [1.82, 2.24) is 4.90 Å². The monoisotopic (exact) mass is 286 g/mol. The SMILES string of the molecule is CCN(C)C(=O)CNc1ccc(S(N)(=O)=O)c(N)c1. The van der Waals surface area contributed by atoms with Crippen LogP contribution in [0.2, 0.25) is 0 Å². The molecule has 0 fully saturated rings. The highest BCUT2D eigenvalue weighted by Gasteiger charge is 2.12. The normalized spacial score (nSPS) is 11.1. The van der Waals surface area contributed by atoms with Crippen molar-refractivity contribution in [3.8, 4) is 0 Å². The third kappa shape index (κ3) is 4.11. The summed E-state index contributed by atoms with van der Waals surface area (Å²) in [6, 6.07) is 4.25. The molecule has 0 radical (unpaired) electrons. The maximum absolute atomic E-state index is 11.6. The van der Waals surface area contributed by atoms with Crippen molar-refractivity contribution in [1.29, 1.82) is 0 Å². The highest BCUT2D eigenvalue weighted by molar-refractivity contribution is 7.89. The Morgan fingerprint density at radius 3 is 2.53 bits per heavy atom. The minimum absolute atomic E-state index is 0.0452. The van der Waals surface area contributed by atoms with E-state index in [0.717, 1.165) is 0 Å². The van der Waals surface area contributed by atoms with Crippen molar-refractivity contribution in [3.05, 3.63) is 18.2 Å². The minimum atomic E-state index is -3.83. The first-order valence-corrected chi connectivity index (χ1v) is 7.20. The number of rotatable bonds is 5. The molecule has 106 valence electrons. The Bertz CT molecular complexity index is 571. The Morgan fingerprint density at radius 2 is 2.05 bits per heavy atom. The quantitative estimate of drug-likeness (QED) is 0.648. The molecule has 0 aliphatic heterocycles. The maximum Gasteiger partial charge on any atom is 0.241 e. The van der Waals surface area contributed by atoms with Crippen LogP contribution >= 0.6 is 0 Å². The number of amides is 1. The molecule has 0 saturated heterocycles. The van der Waals surface area contributed by atoms with Gasteiger partial charge in [0.05, 0.1) is 12.2 Å². The summed E-state index contributed by atoms with van der Waals surface area (Å²) in [6.45, 7) is 2.60. The van der Waals surface area contributed by atoms with Crippen LogP contribution in [-0.4, -0.2) is 39.4 Å². The molecule has 7 nitrogen and oxygen atoms in total. The molecule has 0 atom stereocenters. The van der Waals surface area contributed by atoms with Gasteiger partial charge >= 0.3 is 0 Å². The smallest absolute Gasteiger partial charge is 0.241 e. The van der Waals surface area contributed by atoms with E-state index in [1.54, 1.807) is 11.9 Å². The van der Waals surface area contributed by atoms with Gasteiger partial charge < -0.3 is 16.0 Å². The van der Waals surface area contributed by atoms with Gasteiger partial charge in [0.25, 0.3) is 0 Å². The lowest BCUT2D eigenvalue weighted by atomic mass is 10.3. The second kappa shape index (κ2) is 5.89. The Hall–Kier alpha value is -1.80. The Morgan fingerprint density at radius 1 is 1.42 bits per heavy atom. The summed E-state index contributed by atoms with van der Waals surface area (Å²) in [5, 5.41) is 7.87. The third-order valence-corrected chi connectivity index (χ3v) is 3.64. The average Bonchev–Trinajstić information content (AvgIpc) is 2.33. The first kappa shape index (κ1) is 15.3. The predicted molar refractivity (Wildman–Crippen MR) is 74.0 cm³/mol. The van der Waals surface area contributed by atoms with Crippen molar-refractivity contribution >= 4 is 27.3 Å². The van der Waals surface area contributed by atoms with Crippen molar-refractivity contribution in [2.24, 2.45) is 5.14 Å². The van der Waals surface area contributed by atoms with E-state index < -0.39 is 10.0 Å². The number of anilines is 2. The summed E-state index contributed by atoms with van der Waals surface area (Å²) in [6.07, 6.45) is 0. The van der Waals surface area contributed by atoms with Gasteiger partial charge in [-0.2, -0.15) is 0 Å². The number of nitrogen functional groups attached to an aromatic ring is 1. The number of nitrogens with zero attached hydrogens (tertiary/aromatic N) is 1. The number of carbonyl (C=O) groups excluding carboxylic acids is 1. The van der Waals surface area contributed by atoms with Gasteiger partial charge in [-0.3, -0.25) is 4.79 Å². The predicted octanol–water partition coefficient (Wildman–Crippen LogP) is -0.194. The molecule has 0 unspecified atom stereocenters. The molecular weight excluding hydrogens is 268 g/mol. The fourth-order valence-corrected chi connectivity index (χ4v) is 2.05. The van der Waals surface area contributed by atoms with Crippen molar-refractivity contribution < 1.29 is 13.2 Å². The van der Waals surface area contributed by atoms with Gasteiger partial charge in [-0.25, -0.2) is 13.6 Å². The van der Waals surface area contributed by atoms with E-state index in [1.807, 2.05) is 6.92 Å². The number of primary sulfonamides is 1. The van der Waals surface area contributed by atoms with E-state index in [2.05, 4.69) is 5.32 Å². The number of likely N-dealkylation sites (N-methyl/N-ethyl adjacent to an activating group) is 1. The number of hydrogen-bond donors (Lipinski definition) is 3. The van der Waals surface area contributed by atoms with Crippen LogP contribution in [0, 0.1) is 0 Å². The van der Waals surface area contributed by atoms with E-state index >= 15 is 0 Å². The molecule has 0 saturated carbocycles. The fraction of sp³-hybridized carbons (Fsp3) is 0.364. The van der Waals surface area contributed by atoms with Crippen LogP contribution in [0.3, 0.4) is 0 Å². The molecule has 1 rings (SSSR count). The molecule has 1 aromatic rings. The van der Waals surface area contributed by atoms with Gasteiger partial charge in [0.2, 0.25) is 15.9 Å². The van der Waals surface area contributed by atoms with Gasteiger partial charge in [0.15, 0.2) is 0 Å². The second-order valence-electron chi connectivity index (χ2n) is 4.06. The summed E-state index contributed by atoms with van der Waals surface area (Å²) in [5.74, 6) is -0.0726. The molecule has 0 spiro atoms. The first-order chi connectivity index (χ1) is 8.75. The zero-order chi connectivity index (χ0) is 14.6. The van der Waals surface area contributed by atoms with Gasteiger partial charge in [0, 0.05) is 19.3 Å². The second-order valence-corrected chi connectivity index (χ2v) is 5.59. The molecular formula is C11H18N4O3S. The minimum Gasteiger partial charge on any atom is -0.398 e. The van der Waals surface area contributed by atoms with E-state index in [0.29, 0.717) is 12.2 Å². The van der Waals surface area contributed by atoms with Crippen LogP contribution in [0.25, 0.3) is 0 Å². The molecule has 0 bridgehead atoms. The molecule has 8 heteroatoms. The maximum atomic E-state index is 11.6. The van der Waals surface area contributed by atoms with Gasteiger partial charge in [-0.15, -0.1) is 0 Å². The molecule has 1 amide bonds. The number of carbonyl (C=O) groups is 1. The number of nitrogens with one attached hydrogen (secondary N) is 1. The largest absolute Gasteiger partial charge is 0.398 e. The zero-order valence-electron chi connectivity index (χ0n) is 10.9. The van der Waals surface area contributed by atoms with E-state index in [-0.39, 0.29) is 23.0 Å². The number of nitrogens with two attached hydrogens (primary N) is 2. The highest BCUT2D eigenvalue weighted by atomic mass is 32.2. The molecule has 1 aromatic carbocycles. The van der Waals surface area contributed by atoms with Gasteiger partial charge in [0.1, 0.15) is 4.90 Å². The summed E-state index contributed by atoms with van der Waals surface area (Å²) in [7, 11) is -2.13. The van der Waals surface area contributed by atoms with Crippen LogP contribution < -0.4 is 16.2 Å². The first-order valence-electron chi connectivity index (χ1n) is 5.66. The number of hydrogen-bond acceptors (Lipinski definition) is 5. The molecule has 5 N–H and O–H groups in total. The average molecular weight is 286 g/mol. The summed E-state index contributed by atoms with van der Waals surface area (Å²) in [4.78, 5) is 13.0. The molecule has 0 aliphatic rings. The van der Waals surface area contributed by atoms with Crippen molar-refractivity contribution in [2.75, 3.05) is 31.2 Å². The van der Waals surface area contributed by atoms with Crippen LogP contribution in [0.1, 0.15) is 6.92 Å². The Balaban J connectivity index is 2.78. The number of sulfonamides is 1. The van der Waals surface area contributed by atoms with Crippen LogP contribution in [-0.2, 0) is 14.8 Å². The fourth-order valence-electron chi connectivity index (χ4n) is 1.41. The Labute approximate surface area is 112 Å². The van der Waals surface area contributed by atoms with Gasteiger partial charge in [-0.05, 0) is 25.1 Å². The van der Waals surface area contributed by atoms with Crippen LogP contribution in [0.5, 0.6) is 0 Å². The lowest BCUT2D eigenvalue weighted by Gasteiger charge is -2.15. The molecule has 0 aromatic heterocycles. The van der Waals surface area contributed by atoms with Crippen LogP contribution in [0.15, 0.2) is 23.1 Å². The van der Waals surface area contributed by atoms with E-state index in [4.69, 9.17) is 10.9 Å². The molecule has 0 aliphatic carbocycles. The summed E-state index contributed by atoms with van der Waals surface area (Å²) < 4.78 is 22.4. The topological polar surface area (TPSA) is 119 Å². The summed E-state index contributed by atoms with van der Waals surface area (Å²) >= 11 is 0. The lowest BCUT2D eigenvalue weighted by molar-refractivity contribution is -0.127. The summed E-state index contributed by atoms with van der Waals surface area (Å²) in [5.41, 5.74) is 6.21. The van der Waals surface area contributed by atoms with Crippen LogP contribution in [0.4, 0.5) is 11.4 Å². The standard InChI is InChI=1S/C11H18N4O3S/c1-3-15(2)11(16)7-14-8-4-5-10(9(12)6-8)19(13,17)18/h4-6,14H,3,7,12H2,1-2H3,(H2,13,17,18).